The molecule has 2 aromatic rings. The first-order chi connectivity index (χ1) is 11.0. The van der Waals surface area contributed by atoms with E-state index in [1.807, 2.05) is 6.92 Å². The molecule has 0 spiro atoms. The summed E-state index contributed by atoms with van der Waals surface area (Å²) in [7, 11) is 0. The van der Waals surface area contributed by atoms with Crippen LogP contribution in [0.25, 0.3) is 0 Å². The van der Waals surface area contributed by atoms with Gasteiger partial charge in [0.2, 0.25) is 5.91 Å². The largest absolute Gasteiger partial charge is 0.326 e. The normalized spacial score (nSPS) is 19.0. The summed E-state index contributed by atoms with van der Waals surface area (Å²) in [5.74, 6) is -0.461. The van der Waals surface area contributed by atoms with E-state index in [2.05, 4.69) is 10.6 Å². The molecule has 0 heterocycles. The van der Waals surface area contributed by atoms with Gasteiger partial charge in [-0.2, -0.15) is 0 Å². The first kappa shape index (κ1) is 15.2. The minimum absolute atomic E-state index is 0.0239. The number of rotatable bonds is 4. The molecule has 0 bridgehead atoms. The van der Waals surface area contributed by atoms with Gasteiger partial charge >= 0.3 is 0 Å². The van der Waals surface area contributed by atoms with E-state index >= 15 is 0 Å². The molecule has 0 aromatic heterocycles. The molecule has 5 heteroatoms. The Labute approximate surface area is 133 Å². The molecule has 1 aliphatic carbocycles. The Balaban J connectivity index is 1.70. The summed E-state index contributed by atoms with van der Waals surface area (Å²) in [6.07, 6.45) is 0.902. The van der Waals surface area contributed by atoms with Crippen LogP contribution in [0.5, 0.6) is 0 Å². The van der Waals surface area contributed by atoms with E-state index < -0.39 is 11.7 Å². The van der Waals surface area contributed by atoms with Gasteiger partial charge in [-0.3, -0.25) is 9.59 Å². The lowest BCUT2D eigenvalue weighted by Gasteiger charge is -2.09. The minimum atomic E-state index is -0.493. The number of nitrogens with one attached hydrogen (secondary N) is 2. The third-order valence-electron chi connectivity index (χ3n) is 3.96. The molecular weight excluding hydrogens is 295 g/mol. The summed E-state index contributed by atoms with van der Waals surface area (Å²) >= 11 is 0. The molecule has 0 unspecified atom stereocenters. The van der Waals surface area contributed by atoms with Gasteiger partial charge in [-0.05, 0) is 42.7 Å². The molecule has 4 nitrogen and oxygen atoms in total. The highest BCUT2D eigenvalue weighted by molar-refractivity contribution is 6.05. The smallest absolute Gasteiger partial charge is 0.255 e. The number of halogens is 1. The monoisotopic (exact) mass is 312 g/mol. The lowest BCUT2D eigenvalue weighted by Crippen LogP contribution is -2.16. The molecule has 0 radical (unpaired) electrons. The summed E-state index contributed by atoms with van der Waals surface area (Å²) in [6, 6.07) is 12.6. The molecule has 1 fully saturated rings. The Hall–Kier alpha value is -2.69. The van der Waals surface area contributed by atoms with E-state index in [1.165, 1.54) is 12.1 Å². The molecule has 2 N–H and O–H groups in total. The maximum atomic E-state index is 13.6. The number of anilines is 2. The van der Waals surface area contributed by atoms with Crippen molar-refractivity contribution in [3.05, 3.63) is 59.9 Å². The number of para-hydroxylation sites is 1. The number of hydrogen-bond acceptors (Lipinski definition) is 2. The van der Waals surface area contributed by atoms with Crippen LogP contribution in [0.4, 0.5) is 15.8 Å². The SMILES string of the molecule is C[C@H]1C[C@H]1C(=O)Nc1cccc(C(=O)Nc2ccccc2F)c1. The van der Waals surface area contributed by atoms with Crippen molar-refractivity contribution in [1.29, 1.82) is 0 Å². The van der Waals surface area contributed by atoms with E-state index in [0.717, 1.165) is 6.42 Å². The lowest BCUT2D eigenvalue weighted by molar-refractivity contribution is -0.117. The molecule has 0 aliphatic heterocycles. The second-order valence-electron chi connectivity index (χ2n) is 5.82. The van der Waals surface area contributed by atoms with Crippen LogP contribution in [0.1, 0.15) is 23.7 Å². The van der Waals surface area contributed by atoms with Gasteiger partial charge in [0.1, 0.15) is 5.82 Å². The standard InChI is InChI=1S/C18H17FN2O2/c1-11-9-14(11)18(23)20-13-6-4-5-12(10-13)17(22)21-16-8-3-2-7-15(16)19/h2-8,10-11,14H,9H2,1H3,(H,20,23)(H,21,22)/t11-,14+/m0/s1. The third-order valence-corrected chi connectivity index (χ3v) is 3.96. The number of carbonyl (C=O) groups is 2. The van der Waals surface area contributed by atoms with Crippen LogP contribution in [0.15, 0.2) is 48.5 Å². The fourth-order valence-corrected chi connectivity index (χ4v) is 2.42. The van der Waals surface area contributed by atoms with Crippen LogP contribution >= 0.6 is 0 Å². The van der Waals surface area contributed by atoms with Crippen LogP contribution in [0, 0.1) is 17.7 Å². The molecule has 118 valence electrons. The van der Waals surface area contributed by atoms with Crippen molar-refractivity contribution in [2.45, 2.75) is 13.3 Å². The summed E-state index contributed by atoms with van der Waals surface area (Å²) in [5, 5.41) is 5.33. The topological polar surface area (TPSA) is 58.2 Å². The van der Waals surface area contributed by atoms with Crippen molar-refractivity contribution in [2.75, 3.05) is 10.6 Å². The predicted molar refractivity (Wildman–Crippen MR) is 86.7 cm³/mol. The fraction of sp³-hybridized carbons (Fsp3) is 0.222. The highest BCUT2D eigenvalue weighted by atomic mass is 19.1. The van der Waals surface area contributed by atoms with Gasteiger partial charge in [-0.25, -0.2) is 4.39 Å². The lowest BCUT2D eigenvalue weighted by atomic mass is 10.1. The van der Waals surface area contributed by atoms with Crippen molar-refractivity contribution in [3.63, 3.8) is 0 Å². The Morgan fingerprint density at radius 3 is 2.52 bits per heavy atom. The van der Waals surface area contributed by atoms with Crippen LogP contribution in [0.3, 0.4) is 0 Å². The summed E-state index contributed by atoms with van der Waals surface area (Å²) < 4.78 is 13.6. The Morgan fingerprint density at radius 2 is 1.83 bits per heavy atom. The first-order valence-electron chi connectivity index (χ1n) is 7.51. The van der Waals surface area contributed by atoms with E-state index in [-0.39, 0.29) is 17.5 Å². The Kier molecular flexibility index (Phi) is 4.10. The second kappa shape index (κ2) is 6.20. The molecule has 0 saturated heterocycles. The van der Waals surface area contributed by atoms with Gasteiger partial charge in [-0.1, -0.05) is 25.1 Å². The summed E-state index contributed by atoms with van der Waals surface area (Å²) in [6.45, 7) is 2.03. The maximum Gasteiger partial charge on any atom is 0.255 e. The Bertz CT molecular complexity index is 760. The number of benzene rings is 2. The van der Waals surface area contributed by atoms with Crippen LogP contribution in [-0.2, 0) is 4.79 Å². The average molecular weight is 312 g/mol. The van der Waals surface area contributed by atoms with Gasteiger partial charge in [0.25, 0.3) is 5.91 Å². The molecular formula is C18H17FN2O2. The van der Waals surface area contributed by atoms with Crippen molar-refractivity contribution in [1.82, 2.24) is 0 Å². The van der Waals surface area contributed by atoms with Gasteiger partial charge in [-0.15, -0.1) is 0 Å². The van der Waals surface area contributed by atoms with Crippen LogP contribution in [0.2, 0.25) is 0 Å². The van der Waals surface area contributed by atoms with Crippen LogP contribution in [-0.4, -0.2) is 11.8 Å². The third kappa shape index (κ3) is 3.56. The zero-order valence-electron chi connectivity index (χ0n) is 12.7. The number of carbonyl (C=O) groups excluding carboxylic acids is 2. The quantitative estimate of drug-likeness (QED) is 0.905. The summed E-state index contributed by atoms with van der Waals surface area (Å²) in [5.41, 5.74) is 1.05. The van der Waals surface area contributed by atoms with Crippen molar-refractivity contribution >= 4 is 23.2 Å². The highest BCUT2D eigenvalue weighted by Crippen LogP contribution is 2.38. The van der Waals surface area contributed by atoms with Gasteiger partial charge in [0.05, 0.1) is 5.69 Å². The van der Waals surface area contributed by atoms with Crippen molar-refractivity contribution in [2.24, 2.45) is 11.8 Å². The van der Waals surface area contributed by atoms with Gasteiger partial charge in [0, 0.05) is 17.2 Å². The average Bonchev–Trinajstić information content (AvgIpc) is 3.27. The van der Waals surface area contributed by atoms with E-state index in [1.54, 1.807) is 36.4 Å². The minimum Gasteiger partial charge on any atom is -0.326 e. The molecule has 2 amide bonds. The van der Waals surface area contributed by atoms with E-state index in [4.69, 9.17) is 0 Å². The molecule has 23 heavy (non-hydrogen) atoms. The van der Waals surface area contributed by atoms with Crippen molar-refractivity contribution < 1.29 is 14.0 Å². The molecule has 2 atom stereocenters. The van der Waals surface area contributed by atoms with Crippen LogP contribution < -0.4 is 10.6 Å². The molecule has 1 saturated carbocycles. The zero-order valence-corrected chi connectivity index (χ0v) is 12.7. The predicted octanol–water partition coefficient (Wildman–Crippen LogP) is 3.67. The van der Waals surface area contributed by atoms with Crippen molar-refractivity contribution in [3.8, 4) is 0 Å². The molecule has 1 aliphatic rings. The second-order valence-corrected chi connectivity index (χ2v) is 5.82. The molecule has 3 rings (SSSR count). The van der Waals surface area contributed by atoms with E-state index in [0.29, 0.717) is 17.2 Å². The summed E-state index contributed by atoms with van der Waals surface area (Å²) in [4.78, 5) is 24.2. The van der Waals surface area contributed by atoms with E-state index in [9.17, 15) is 14.0 Å². The molecule has 2 aromatic carbocycles. The highest BCUT2D eigenvalue weighted by Gasteiger charge is 2.39. The fourth-order valence-electron chi connectivity index (χ4n) is 2.42. The Morgan fingerprint density at radius 1 is 1.09 bits per heavy atom. The number of hydrogen-bond donors (Lipinski definition) is 2. The maximum absolute atomic E-state index is 13.6. The van der Waals surface area contributed by atoms with Gasteiger partial charge in [0.15, 0.2) is 0 Å². The first-order valence-corrected chi connectivity index (χ1v) is 7.51. The number of amides is 2. The van der Waals surface area contributed by atoms with Gasteiger partial charge < -0.3 is 10.6 Å². The zero-order chi connectivity index (χ0) is 16.4.